The monoisotopic (exact) mass is 414 g/mol. The van der Waals surface area contributed by atoms with Gasteiger partial charge in [-0.2, -0.15) is 0 Å². The average Bonchev–Trinajstić information content (AvgIpc) is 3.32. The number of rotatable bonds is 2. The molecule has 0 spiro atoms. The third kappa shape index (κ3) is 2.72. The minimum atomic E-state index is -0.215. The number of fused-ring (bicyclic) bond motifs is 2. The number of aryl methyl sites for hydroxylation is 3. The Morgan fingerprint density at radius 1 is 0.967 bits per heavy atom. The van der Waals surface area contributed by atoms with Crippen LogP contribution in [0.25, 0.3) is 27.8 Å². The standard InChI is InChI=1S/C24H18N2O3S/c1-12-8-17-18(9-13(12)2)22(29)19(21(17)28)10-16-11-20-24(30-16)25-23(26(20)3)14-4-6-15(27)7-5-14/h4-11,27H,1-3H3. The zero-order valence-electron chi connectivity index (χ0n) is 16.7. The first kappa shape index (κ1) is 18.5. The summed E-state index contributed by atoms with van der Waals surface area (Å²) in [4.78, 5) is 32.0. The zero-order valence-corrected chi connectivity index (χ0v) is 17.5. The van der Waals surface area contributed by atoms with E-state index in [2.05, 4.69) is 0 Å². The van der Waals surface area contributed by atoms with Crippen molar-refractivity contribution in [1.29, 1.82) is 0 Å². The van der Waals surface area contributed by atoms with Crippen LogP contribution in [-0.4, -0.2) is 26.2 Å². The highest BCUT2D eigenvalue weighted by Gasteiger charge is 2.33. The Bertz CT molecular complexity index is 1360. The first-order chi connectivity index (χ1) is 14.3. The van der Waals surface area contributed by atoms with Gasteiger partial charge in [-0.05, 0) is 73.5 Å². The molecule has 1 aliphatic rings. The highest BCUT2D eigenvalue weighted by Crippen LogP contribution is 2.34. The minimum Gasteiger partial charge on any atom is -0.508 e. The first-order valence-corrected chi connectivity index (χ1v) is 10.3. The van der Waals surface area contributed by atoms with Crippen LogP contribution in [-0.2, 0) is 7.05 Å². The summed E-state index contributed by atoms with van der Waals surface area (Å²) < 4.78 is 1.97. The fourth-order valence-electron chi connectivity index (χ4n) is 3.79. The molecule has 0 radical (unpaired) electrons. The lowest BCUT2D eigenvalue weighted by Crippen LogP contribution is -1.99. The number of thiophene rings is 1. The number of hydrogen-bond donors (Lipinski definition) is 1. The second-order valence-electron chi connectivity index (χ2n) is 7.58. The van der Waals surface area contributed by atoms with E-state index in [-0.39, 0.29) is 22.9 Å². The maximum Gasteiger partial charge on any atom is 0.197 e. The Kier molecular flexibility index (Phi) is 4.01. The molecule has 1 N–H and O–H groups in total. The van der Waals surface area contributed by atoms with Gasteiger partial charge in [0, 0.05) is 28.6 Å². The number of carbonyl (C=O) groups excluding carboxylic acids is 2. The molecule has 0 unspecified atom stereocenters. The van der Waals surface area contributed by atoms with Gasteiger partial charge in [-0.3, -0.25) is 9.59 Å². The van der Waals surface area contributed by atoms with Crippen molar-refractivity contribution in [2.75, 3.05) is 0 Å². The largest absolute Gasteiger partial charge is 0.508 e. The Balaban J connectivity index is 1.55. The SMILES string of the molecule is Cc1cc2c(cc1C)C(=O)C(=Cc1cc3c(nc(-c4ccc(O)cc4)n3C)s1)C2=O. The molecule has 0 amide bonds. The molecule has 1 aliphatic carbocycles. The normalized spacial score (nSPS) is 13.4. The Morgan fingerprint density at radius 3 is 2.13 bits per heavy atom. The summed E-state index contributed by atoms with van der Waals surface area (Å²) in [6, 6.07) is 12.5. The lowest BCUT2D eigenvalue weighted by atomic mass is 10.0. The molecule has 0 atom stereocenters. The van der Waals surface area contributed by atoms with Gasteiger partial charge in [0.25, 0.3) is 0 Å². The van der Waals surface area contributed by atoms with Crippen LogP contribution in [0.15, 0.2) is 48.0 Å². The van der Waals surface area contributed by atoms with Crippen LogP contribution in [0.3, 0.4) is 0 Å². The summed E-state index contributed by atoms with van der Waals surface area (Å²) in [6.07, 6.45) is 1.68. The molecule has 0 saturated carbocycles. The third-order valence-corrected chi connectivity index (χ3v) is 6.59. The quantitative estimate of drug-likeness (QED) is 0.366. The number of benzene rings is 2. The minimum absolute atomic E-state index is 0.209. The fourth-order valence-corrected chi connectivity index (χ4v) is 4.80. The third-order valence-electron chi connectivity index (χ3n) is 5.62. The number of hydrogen-bond acceptors (Lipinski definition) is 5. The van der Waals surface area contributed by atoms with E-state index >= 15 is 0 Å². The van der Waals surface area contributed by atoms with Gasteiger partial charge in [0.05, 0.1) is 11.1 Å². The second-order valence-corrected chi connectivity index (χ2v) is 8.64. The van der Waals surface area contributed by atoms with Gasteiger partial charge >= 0.3 is 0 Å². The molecule has 30 heavy (non-hydrogen) atoms. The maximum atomic E-state index is 12.8. The summed E-state index contributed by atoms with van der Waals surface area (Å²) in [5, 5.41) is 9.50. The van der Waals surface area contributed by atoms with Crippen molar-refractivity contribution < 1.29 is 14.7 Å². The average molecular weight is 414 g/mol. The maximum absolute atomic E-state index is 12.8. The lowest BCUT2D eigenvalue weighted by molar-refractivity contribution is 0.0990. The summed E-state index contributed by atoms with van der Waals surface area (Å²) in [5.41, 5.74) is 5.03. The van der Waals surface area contributed by atoms with Crippen molar-refractivity contribution in [3.63, 3.8) is 0 Å². The summed E-state index contributed by atoms with van der Waals surface area (Å²) >= 11 is 1.44. The van der Waals surface area contributed by atoms with Crippen LogP contribution in [0.4, 0.5) is 0 Å². The van der Waals surface area contributed by atoms with E-state index in [9.17, 15) is 14.7 Å². The van der Waals surface area contributed by atoms with E-state index in [1.54, 1.807) is 18.2 Å². The predicted molar refractivity (Wildman–Crippen MR) is 118 cm³/mol. The molecule has 0 fully saturated rings. The van der Waals surface area contributed by atoms with Crippen LogP contribution in [0, 0.1) is 13.8 Å². The molecule has 6 heteroatoms. The molecule has 2 aromatic carbocycles. The van der Waals surface area contributed by atoms with Gasteiger partial charge in [0.1, 0.15) is 16.4 Å². The van der Waals surface area contributed by atoms with Crippen LogP contribution in [0.2, 0.25) is 0 Å². The van der Waals surface area contributed by atoms with Crippen molar-refractivity contribution in [2.24, 2.45) is 7.05 Å². The van der Waals surface area contributed by atoms with Gasteiger partial charge in [-0.1, -0.05) is 0 Å². The molecule has 4 aromatic rings. The van der Waals surface area contributed by atoms with E-state index < -0.39 is 0 Å². The number of aromatic hydroxyl groups is 1. The summed E-state index contributed by atoms with van der Waals surface area (Å²) in [5.74, 6) is 0.574. The number of imidazole rings is 1. The molecule has 0 aliphatic heterocycles. The van der Waals surface area contributed by atoms with E-state index in [1.807, 2.05) is 55.8 Å². The molecule has 2 heterocycles. The fraction of sp³-hybridized carbons (Fsp3) is 0.125. The highest BCUT2D eigenvalue weighted by molar-refractivity contribution is 7.19. The zero-order chi connectivity index (χ0) is 21.2. The Morgan fingerprint density at radius 2 is 1.57 bits per heavy atom. The number of aromatic nitrogens is 2. The van der Waals surface area contributed by atoms with Crippen molar-refractivity contribution in [3.05, 3.63) is 75.2 Å². The number of ketones is 2. The predicted octanol–water partition coefficient (Wildman–Crippen LogP) is 5.09. The van der Waals surface area contributed by atoms with Crippen molar-refractivity contribution >= 4 is 39.3 Å². The van der Waals surface area contributed by atoms with Gasteiger partial charge in [0.2, 0.25) is 0 Å². The van der Waals surface area contributed by atoms with E-state index in [0.29, 0.717) is 11.1 Å². The van der Waals surface area contributed by atoms with Gasteiger partial charge in [-0.25, -0.2) is 4.98 Å². The van der Waals surface area contributed by atoms with E-state index in [0.717, 1.165) is 37.7 Å². The number of carbonyl (C=O) groups is 2. The van der Waals surface area contributed by atoms with Crippen molar-refractivity contribution in [1.82, 2.24) is 9.55 Å². The molecule has 0 bridgehead atoms. The molecule has 148 valence electrons. The molecule has 5 rings (SSSR count). The smallest absolute Gasteiger partial charge is 0.197 e. The van der Waals surface area contributed by atoms with Gasteiger partial charge in [-0.15, -0.1) is 11.3 Å². The van der Waals surface area contributed by atoms with Crippen LogP contribution >= 0.6 is 11.3 Å². The van der Waals surface area contributed by atoms with Gasteiger partial charge < -0.3 is 9.67 Å². The number of phenols is 1. The molecule has 5 nitrogen and oxygen atoms in total. The topological polar surface area (TPSA) is 72.2 Å². The lowest BCUT2D eigenvalue weighted by Gasteiger charge is -2.02. The summed E-state index contributed by atoms with van der Waals surface area (Å²) in [7, 11) is 1.93. The number of nitrogens with zero attached hydrogens (tertiary/aromatic N) is 2. The Hall–Kier alpha value is -3.51. The summed E-state index contributed by atoms with van der Waals surface area (Å²) in [6.45, 7) is 3.89. The number of phenolic OH excluding ortho intramolecular Hbond substituents is 1. The van der Waals surface area contributed by atoms with E-state index in [1.165, 1.54) is 11.3 Å². The first-order valence-electron chi connectivity index (χ1n) is 9.51. The number of Topliss-reactive ketones (excluding diaryl/α,β-unsaturated/α-hetero) is 2. The van der Waals surface area contributed by atoms with Crippen LogP contribution in [0.5, 0.6) is 5.75 Å². The van der Waals surface area contributed by atoms with Crippen molar-refractivity contribution in [2.45, 2.75) is 13.8 Å². The molecule has 0 saturated heterocycles. The Labute approximate surface area is 176 Å². The van der Waals surface area contributed by atoms with Gasteiger partial charge in [0.15, 0.2) is 11.6 Å². The van der Waals surface area contributed by atoms with E-state index in [4.69, 9.17) is 4.98 Å². The molecule has 2 aromatic heterocycles. The van der Waals surface area contributed by atoms with Crippen LogP contribution in [0.1, 0.15) is 36.7 Å². The van der Waals surface area contributed by atoms with Crippen molar-refractivity contribution in [3.8, 4) is 17.1 Å². The van der Waals surface area contributed by atoms with Crippen LogP contribution < -0.4 is 0 Å². The molecular weight excluding hydrogens is 396 g/mol. The highest BCUT2D eigenvalue weighted by atomic mass is 32.1. The molecular formula is C24H18N2O3S. The second kappa shape index (κ2) is 6.50. The number of allylic oxidation sites excluding steroid dienone is 1.